The van der Waals surface area contributed by atoms with Gasteiger partial charge in [0.1, 0.15) is 6.54 Å². The summed E-state index contributed by atoms with van der Waals surface area (Å²) in [7, 11) is 1.75. The van der Waals surface area contributed by atoms with E-state index in [-0.39, 0.29) is 6.15 Å². The van der Waals surface area contributed by atoms with Crippen molar-refractivity contribution in [1.29, 1.82) is 0 Å². The molecule has 0 amide bonds. The van der Waals surface area contributed by atoms with Crippen molar-refractivity contribution in [3.8, 4) is 0 Å². The van der Waals surface area contributed by atoms with Crippen molar-refractivity contribution in [2.45, 2.75) is 27.3 Å². The summed E-state index contributed by atoms with van der Waals surface area (Å²) in [6.07, 6.45) is 0. The molecule has 4 N–H and O–H groups in total. The summed E-state index contributed by atoms with van der Waals surface area (Å²) in [5.74, 6) is 0. The van der Waals surface area contributed by atoms with E-state index in [0.29, 0.717) is 0 Å². The van der Waals surface area contributed by atoms with E-state index in [9.17, 15) is 0 Å². The van der Waals surface area contributed by atoms with Gasteiger partial charge in [0.2, 0.25) is 0 Å². The maximum absolute atomic E-state index is 8.25. The summed E-state index contributed by atoms with van der Waals surface area (Å²) < 4.78 is 1.20. The lowest BCUT2D eigenvalue weighted by Crippen LogP contribution is -2.46. The molecule has 0 heterocycles. The van der Waals surface area contributed by atoms with Crippen molar-refractivity contribution in [3.63, 3.8) is 0 Å². The van der Waals surface area contributed by atoms with Crippen molar-refractivity contribution in [1.82, 2.24) is 6.15 Å². The van der Waals surface area contributed by atoms with Gasteiger partial charge in [-0.1, -0.05) is 30.3 Å². The highest BCUT2D eigenvalue weighted by Gasteiger charge is 2.20. The molecule has 1 aromatic rings. The van der Waals surface area contributed by atoms with E-state index in [0.717, 1.165) is 14.2 Å². The van der Waals surface area contributed by atoms with Crippen LogP contribution in [0.3, 0.4) is 0 Å². The predicted octanol–water partition coefficient (Wildman–Crippen LogP) is 1.81. The van der Waals surface area contributed by atoms with Crippen LogP contribution in [0.2, 0.25) is 0 Å². The smallest absolute Gasteiger partial charge is 0.104 e. The maximum Gasteiger partial charge on any atom is 0.104 e. The van der Waals surface area contributed by atoms with E-state index >= 15 is 0 Å². The summed E-state index contributed by atoms with van der Waals surface area (Å²) >= 11 is 0. The van der Waals surface area contributed by atoms with Gasteiger partial charge in [0, 0.05) is 12.7 Å². The van der Waals surface area contributed by atoms with Gasteiger partial charge in [0.05, 0.1) is 19.6 Å². The fourth-order valence-electron chi connectivity index (χ4n) is 1.98. The van der Waals surface area contributed by atoms with Crippen molar-refractivity contribution >= 4 is 0 Å². The zero-order valence-electron chi connectivity index (χ0n) is 13.2. The molecule has 1 aromatic carbocycles. The van der Waals surface area contributed by atoms with Crippen LogP contribution in [0.25, 0.3) is 0 Å². The molecule has 0 atom stereocenters. The van der Waals surface area contributed by atoms with Gasteiger partial charge in [-0.2, -0.15) is 7.11 Å². The highest BCUT2D eigenvalue weighted by atomic mass is 16.2. The molecule has 0 aliphatic rings. The first-order valence-corrected chi connectivity index (χ1v) is 6.51. The van der Waals surface area contributed by atoms with Gasteiger partial charge in [0.15, 0.2) is 0 Å². The second-order valence-corrected chi connectivity index (χ2v) is 3.93. The molecule has 0 saturated heterocycles. The van der Waals surface area contributed by atoms with Gasteiger partial charge < -0.3 is 20.8 Å². The van der Waals surface area contributed by atoms with Gasteiger partial charge in [-0.3, -0.25) is 0 Å². The normalized spacial score (nSPS) is 9.21. The zero-order chi connectivity index (χ0) is 14.4. The van der Waals surface area contributed by atoms with Crippen LogP contribution in [0.15, 0.2) is 30.3 Å². The molecule has 1 rings (SSSR count). The van der Waals surface area contributed by atoms with E-state index in [1.165, 1.54) is 36.2 Å². The molecule has 4 nitrogen and oxygen atoms in total. The van der Waals surface area contributed by atoms with Gasteiger partial charge in [-0.05, 0) is 20.8 Å². The third kappa shape index (κ3) is 8.72. The van der Waals surface area contributed by atoms with Crippen molar-refractivity contribution < 1.29 is 14.7 Å². The van der Waals surface area contributed by atoms with Crippen LogP contribution in [-0.2, 0) is 6.54 Å². The Labute approximate surface area is 118 Å². The number of rotatable bonds is 5. The molecule has 0 aromatic heterocycles. The Morgan fingerprint density at radius 3 is 1.58 bits per heavy atom. The van der Waals surface area contributed by atoms with Crippen molar-refractivity contribution in [2.75, 3.05) is 33.9 Å². The Morgan fingerprint density at radius 1 is 0.895 bits per heavy atom. The minimum atomic E-state index is 0. The molecule has 0 unspecified atom stereocenters. The van der Waals surface area contributed by atoms with Crippen LogP contribution in [0.4, 0.5) is 0 Å². The van der Waals surface area contributed by atoms with Crippen LogP contribution in [0, 0.1) is 0 Å². The summed E-state index contributed by atoms with van der Waals surface area (Å²) in [4.78, 5) is 0. The van der Waals surface area contributed by atoms with Crippen molar-refractivity contribution in [3.05, 3.63) is 35.9 Å². The fraction of sp³-hybridized carbons (Fsp3) is 0.600. The quantitative estimate of drug-likeness (QED) is 0.802. The van der Waals surface area contributed by atoms with E-state index < -0.39 is 0 Å². The molecule has 0 spiro atoms. The van der Waals surface area contributed by atoms with Crippen molar-refractivity contribution in [2.24, 2.45) is 0 Å². The highest BCUT2D eigenvalue weighted by Crippen LogP contribution is 2.13. The molecule has 4 heteroatoms. The van der Waals surface area contributed by atoms with Crippen LogP contribution in [-0.4, -0.2) is 43.4 Å². The molecule has 0 bridgehead atoms. The first-order valence-electron chi connectivity index (χ1n) is 6.51. The summed E-state index contributed by atoms with van der Waals surface area (Å²) in [5, 5.41) is 15.2. The second-order valence-electron chi connectivity index (χ2n) is 3.93. The SMILES string of the molecule is CC[N+](CC)(CC)Cc1ccccc1.CO.C[O-].N. The first-order chi connectivity index (χ1) is 8.76. The lowest BCUT2D eigenvalue weighted by atomic mass is 10.2. The Balaban J connectivity index is -0.000000467. The lowest BCUT2D eigenvalue weighted by Gasteiger charge is -2.35. The molecule has 0 radical (unpaired) electrons. The molecule has 0 fully saturated rings. The molecular weight excluding hydrogens is 240 g/mol. The predicted molar refractivity (Wildman–Crippen MR) is 81.1 cm³/mol. The number of hydrogen-bond acceptors (Lipinski definition) is 3. The van der Waals surface area contributed by atoms with Gasteiger partial charge in [0.25, 0.3) is 0 Å². The monoisotopic (exact) mass is 272 g/mol. The van der Waals surface area contributed by atoms with Gasteiger partial charge >= 0.3 is 0 Å². The third-order valence-electron chi connectivity index (χ3n) is 3.37. The highest BCUT2D eigenvalue weighted by molar-refractivity contribution is 5.13. The molecule has 114 valence electrons. The topological polar surface area (TPSA) is 78.3 Å². The Bertz CT molecular complexity index is 254. The number of quaternary nitrogens is 1. The number of hydrogen-bond donors (Lipinski definition) is 2. The van der Waals surface area contributed by atoms with Gasteiger partial charge in [-0.15, -0.1) is 0 Å². The number of aliphatic hydroxyl groups excluding tert-OH is 1. The summed E-state index contributed by atoms with van der Waals surface area (Å²) in [6.45, 7) is 11.7. The standard InChI is InChI=1S/C13H22N.CH4O.CH3O.H3N/c1-4-14(5-2,6-3)12-13-10-8-7-9-11-13;2*1-2;/h7-11H,4-6,12H2,1-3H3;2H,1H3;1H3;1H3/q+1;;-1;. The zero-order valence-corrected chi connectivity index (χ0v) is 13.2. The molecular formula is C15H32N2O2. The van der Waals surface area contributed by atoms with E-state index in [2.05, 4.69) is 51.1 Å². The lowest BCUT2D eigenvalue weighted by molar-refractivity contribution is -0.936. The van der Waals surface area contributed by atoms with Crippen LogP contribution >= 0.6 is 0 Å². The van der Waals surface area contributed by atoms with Crippen LogP contribution < -0.4 is 11.3 Å². The van der Waals surface area contributed by atoms with Gasteiger partial charge in [-0.25, -0.2) is 0 Å². The minimum Gasteiger partial charge on any atom is -0.857 e. The number of nitrogens with zero attached hydrogens (tertiary/aromatic N) is 1. The fourth-order valence-corrected chi connectivity index (χ4v) is 1.98. The Kier molecular flexibility index (Phi) is 18.4. The Morgan fingerprint density at radius 2 is 1.26 bits per heavy atom. The summed E-state index contributed by atoms with van der Waals surface area (Å²) in [5.41, 5.74) is 1.46. The van der Waals surface area contributed by atoms with E-state index in [1.54, 1.807) is 0 Å². The van der Waals surface area contributed by atoms with Crippen LogP contribution in [0.1, 0.15) is 26.3 Å². The summed E-state index contributed by atoms with van der Waals surface area (Å²) in [6, 6.07) is 10.8. The second kappa shape index (κ2) is 15.1. The number of aliphatic hydroxyl groups is 1. The average molecular weight is 272 g/mol. The molecule has 0 aliphatic heterocycles. The average Bonchev–Trinajstić information content (AvgIpc) is 2.50. The first kappa shape index (κ1) is 23.2. The molecule has 0 saturated carbocycles. The largest absolute Gasteiger partial charge is 0.857 e. The Hall–Kier alpha value is -0.940. The minimum absolute atomic E-state index is 0. The van der Waals surface area contributed by atoms with Crippen LogP contribution in [0.5, 0.6) is 0 Å². The third-order valence-corrected chi connectivity index (χ3v) is 3.37. The van der Waals surface area contributed by atoms with E-state index in [4.69, 9.17) is 10.2 Å². The number of benzene rings is 1. The molecule has 19 heavy (non-hydrogen) atoms. The maximum atomic E-state index is 8.25. The molecule has 0 aliphatic carbocycles. The van der Waals surface area contributed by atoms with E-state index in [1.807, 2.05) is 0 Å².